The molecule has 0 spiro atoms. The number of thiophene rings is 1. The number of likely N-dealkylation sites (N-methyl/N-ethyl adjacent to an activating group) is 1. The van der Waals surface area contributed by atoms with E-state index in [-0.39, 0.29) is 11.6 Å². The van der Waals surface area contributed by atoms with Crippen molar-refractivity contribution in [3.8, 4) is 0 Å². The van der Waals surface area contributed by atoms with Gasteiger partial charge in [0.15, 0.2) is 0 Å². The van der Waals surface area contributed by atoms with Gasteiger partial charge in [-0.15, -0.1) is 11.3 Å². The first-order chi connectivity index (χ1) is 9.58. The van der Waals surface area contributed by atoms with Crippen LogP contribution in [-0.4, -0.2) is 35.7 Å². The predicted octanol–water partition coefficient (Wildman–Crippen LogP) is 3.87. The van der Waals surface area contributed by atoms with Gasteiger partial charge in [0.2, 0.25) is 0 Å². The number of aliphatic hydroxyl groups excluding tert-OH is 1. The molecule has 2 rings (SSSR count). The Morgan fingerprint density at radius 1 is 1.15 bits per heavy atom. The van der Waals surface area contributed by atoms with Crippen LogP contribution in [-0.2, 0) is 12.8 Å². The van der Waals surface area contributed by atoms with Crippen molar-refractivity contribution in [2.75, 3.05) is 14.1 Å². The summed E-state index contributed by atoms with van der Waals surface area (Å²) in [5.74, 6) is 0. The monoisotopic (exact) mass is 295 g/mol. The van der Waals surface area contributed by atoms with E-state index < -0.39 is 0 Å². The van der Waals surface area contributed by atoms with Crippen molar-refractivity contribution >= 4 is 11.3 Å². The molecule has 2 nitrogen and oxygen atoms in total. The molecule has 3 heteroatoms. The van der Waals surface area contributed by atoms with E-state index in [9.17, 15) is 5.11 Å². The molecule has 0 saturated heterocycles. The molecule has 0 aromatic carbocycles. The number of rotatable bonds is 5. The van der Waals surface area contributed by atoms with Crippen LogP contribution in [0.5, 0.6) is 0 Å². The molecule has 1 aromatic rings. The second kappa shape index (κ2) is 7.06. The summed E-state index contributed by atoms with van der Waals surface area (Å²) in [6, 6.07) is 4.41. The highest BCUT2D eigenvalue weighted by atomic mass is 32.1. The summed E-state index contributed by atoms with van der Waals surface area (Å²) in [5.41, 5.74) is -0.0210. The summed E-state index contributed by atoms with van der Waals surface area (Å²) < 4.78 is 0. The first-order valence-electron chi connectivity index (χ1n) is 8.01. The summed E-state index contributed by atoms with van der Waals surface area (Å²) >= 11 is 1.86. The fourth-order valence-electron chi connectivity index (χ4n) is 3.52. The molecule has 1 atom stereocenters. The lowest BCUT2D eigenvalue weighted by Crippen LogP contribution is -2.54. The van der Waals surface area contributed by atoms with E-state index in [1.165, 1.54) is 35.4 Å². The smallest absolute Gasteiger partial charge is 0.0771 e. The highest BCUT2D eigenvalue weighted by Gasteiger charge is 2.40. The molecule has 1 N–H and O–H groups in total. The Kier molecular flexibility index (Phi) is 5.65. The first kappa shape index (κ1) is 16.0. The van der Waals surface area contributed by atoms with Crippen LogP contribution in [0.3, 0.4) is 0 Å². The largest absolute Gasteiger partial charge is 0.391 e. The molecule has 0 bridgehead atoms. The minimum Gasteiger partial charge on any atom is -0.391 e. The zero-order valence-electron chi connectivity index (χ0n) is 13.2. The first-order valence-corrected chi connectivity index (χ1v) is 8.83. The molecule has 1 heterocycles. The highest BCUT2D eigenvalue weighted by molar-refractivity contribution is 7.11. The summed E-state index contributed by atoms with van der Waals surface area (Å²) in [5, 5.41) is 10.9. The Morgan fingerprint density at radius 2 is 1.75 bits per heavy atom. The third-order valence-electron chi connectivity index (χ3n) is 4.94. The highest BCUT2D eigenvalue weighted by Crippen LogP contribution is 2.36. The van der Waals surface area contributed by atoms with Gasteiger partial charge in [-0.05, 0) is 45.5 Å². The molecule has 1 fully saturated rings. The average molecular weight is 295 g/mol. The van der Waals surface area contributed by atoms with Crippen molar-refractivity contribution in [1.29, 1.82) is 0 Å². The zero-order valence-corrected chi connectivity index (χ0v) is 14.0. The third-order valence-corrected chi connectivity index (χ3v) is 6.19. The van der Waals surface area contributed by atoms with Crippen LogP contribution in [0.2, 0.25) is 0 Å². The second-order valence-corrected chi connectivity index (χ2v) is 7.61. The van der Waals surface area contributed by atoms with Gasteiger partial charge in [0.1, 0.15) is 0 Å². The fraction of sp³-hybridized carbons (Fsp3) is 0.765. The predicted molar refractivity (Wildman–Crippen MR) is 87.5 cm³/mol. The minimum atomic E-state index is -0.251. The molecule has 114 valence electrons. The van der Waals surface area contributed by atoms with Crippen LogP contribution in [0.25, 0.3) is 0 Å². The van der Waals surface area contributed by atoms with Crippen molar-refractivity contribution in [3.05, 3.63) is 21.9 Å². The van der Waals surface area contributed by atoms with Crippen LogP contribution in [0, 0.1) is 0 Å². The summed E-state index contributed by atoms with van der Waals surface area (Å²) in [7, 11) is 4.28. The van der Waals surface area contributed by atoms with Gasteiger partial charge in [0.05, 0.1) is 6.10 Å². The normalized spacial score (nSPS) is 20.9. The molecule has 1 aliphatic rings. The maximum Gasteiger partial charge on any atom is 0.0771 e. The molecular weight excluding hydrogens is 266 g/mol. The van der Waals surface area contributed by atoms with Gasteiger partial charge in [-0.2, -0.15) is 0 Å². The Labute approximate surface area is 127 Å². The Morgan fingerprint density at radius 3 is 2.25 bits per heavy atom. The van der Waals surface area contributed by atoms with Crippen molar-refractivity contribution in [3.63, 3.8) is 0 Å². The van der Waals surface area contributed by atoms with Gasteiger partial charge in [0, 0.05) is 21.7 Å². The number of hydrogen-bond donors (Lipinski definition) is 1. The Bertz CT molecular complexity index is 405. The lowest BCUT2D eigenvalue weighted by atomic mass is 9.81. The van der Waals surface area contributed by atoms with E-state index in [4.69, 9.17) is 0 Å². The molecule has 0 radical (unpaired) electrons. The van der Waals surface area contributed by atoms with E-state index in [0.29, 0.717) is 0 Å². The third kappa shape index (κ3) is 3.44. The van der Waals surface area contributed by atoms with Crippen molar-refractivity contribution in [2.45, 2.75) is 69.9 Å². The van der Waals surface area contributed by atoms with Gasteiger partial charge >= 0.3 is 0 Å². The Hall–Kier alpha value is -0.380. The van der Waals surface area contributed by atoms with Crippen LogP contribution >= 0.6 is 11.3 Å². The standard InChI is InChI=1S/C17H29NOS/c1-4-14-9-10-15(20-14)13-16(19)17(18(2)3)11-7-5-6-8-12-17/h9-10,16,19H,4-8,11-13H2,1-3H3. The van der Waals surface area contributed by atoms with Gasteiger partial charge < -0.3 is 10.0 Å². The zero-order chi connectivity index (χ0) is 14.6. The maximum atomic E-state index is 10.9. The minimum absolute atomic E-state index is 0.0210. The molecular formula is C17H29NOS. The van der Waals surface area contributed by atoms with Crippen molar-refractivity contribution in [1.82, 2.24) is 4.90 Å². The summed E-state index contributed by atoms with van der Waals surface area (Å²) in [6.45, 7) is 2.19. The average Bonchev–Trinajstić information content (AvgIpc) is 2.73. The Balaban J connectivity index is 2.11. The molecule has 1 aliphatic carbocycles. The van der Waals surface area contributed by atoms with E-state index in [1.54, 1.807) is 0 Å². The summed E-state index contributed by atoms with van der Waals surface area (Å²) in [6.07, 6.45) is 9.06. The van der Waals surface area contributed by atoms with Crippen LogP contribution in [0.15, 0.2) is 12.1 Å². The van der Waals surface area contributed by atoms with Gasteiger partial charge in [-0.1, -0.05) is 32.6 Å². The van der Waals surface area contributed by atoms with E-state index in [0.717, 1.165) is 25.7 Å². The summed E-state index contributed by atoms with van der Waals surface area (Å²) in [4.78, 5) is 5.05. The van der Waals surface area contributed by atoms with E-state index in [2.05, 4.69) is 38.1 Å². The molecule has 0 amide bonds. The lowest BCUT2D eigenvalue weighted by molar-refractivity contribution is -0.0170. The SMILES string of the molecule is CCc1ccc(CC(O)C2(N(C)C)CCCCCC2)s1. The van der Waals surface area contributed by atoms with Crippen molar-refractivity contribution in [2.24, 2.45) is 0 Å². The molecule has 1 unspecified atom stereocenters. The number of aryl methyl sites for hydroxylation is 1. The van der Waals surface area contributed by atoms with Gasteiger partial charge in [-0.25, -0.2) is 0 Å². The number of aliphatic hydroxyl groups is 1. The number of hydrogen-bond acceptors (Lipinski definition) is 3. The topological polar surface area (TPSA) is 23.5 Å². The maximum absolute atomic E-state index is 10.9. The van der Waals surface area contributed by atoms with E-state index >= 15 is 0 Å². The van der Waals surface area contributed by atoms with Crippen LogP contribution < -0.4 is 0 Å². The molecule has 1 aromatic heterocycles. The van der Waals surface area contributed by atoms with Gasteiger partial charge in [-0.3, -0.25) is 0 Å². The molecule has 0 aliphatic heterocycles. The second-order valence-electron chi connectivity index (χ2n) is 6.35. The van der Waals surface area contributed by atoms with Crippen molar-refractivity contribution < 1.29 is 5.11 Å². The molecule has 20 heavy (non-hydrogen) atoms. The molecule has 1 saturated carbocycles. The lowest BCUT2D eigenvalue weighted by Gasteiger charge is -2.43. The van der Waals surface area contributed by atoms with Gasteiger partial charge in [0.25, 0.3) is 0 Å². The van der Waals surface area contributed by atoms with Crippen LogP contribution in [0.4, 0.5) is 0 Å². The fourth-order valence-corrected chi connectivity index (χ4v) is 4.52. The van der Waals surface area contributed by atoms with Crippen LogP contribution in [0.1, 0.15) is 55.2 Å². The van der Waals surface area contributed by atoms with E-state index in [1.807, 2.05) is 11.3 Å². The number of nitrogens with zero attached hydrogens (tertiary/aromatic N) is 1. The quantitative estimate of drug-likeness (QED) is 0.834.